The summed E-state index contributed by atoms with van der Waals surface area (Å²) in [5.74, 6) is 0. The third-order valence-electron chi connectivity index (χ3n) is 1.45. The van der Waals surface area contributed by atoms with Gasteiger partial charge in [0.2, 0.25) is 0 Å². The quantitative estimate of drug-likeness (QED) is 0.595. The van der Waals surface area contributed by atoms with E-state index in [1.165, 1.54) is 5.57 Å². The zero-order valence-electron chi connectivity index (χ0n) is 5.23. The maximum atomic E-state index is 5.71. The van der Waals surface area contributed by atoms with Crippen LogP contribution in [0.5, 0.6) is 0 Å². The summed E-state index contributed by atoms with van der Waals surface area (Å²) < 4.78 is 0. The lowest BCUT2D eigenvalue weighted by molar-refractivity contribution is 0.905. The Balaban J connectivity index is 2.59. The molecule has 1 nitrogen and oxygen atoms in total. The normalized spacial score (nSPS) is 18.9. The molecule has 0 aromatic rings. The topological polar surface area (TPSA) is 26.0 Å². The number of hydrogen-bond acceptors (Lipinski definition) is 1. The molecule has 0 atom stereocenters. The summed E-state index contributed by atoms with van der Waals surface area (Å²) in [6, 6.07) is 0. The second kappa shape index (κ2) is 3.04. The molecule has 0 saturated heterocycles. The molecule has 50 valence electrons. The molecule has 0 fully saturated rings. The lowest BCUT2D eigenvalue weighted by Crippen LogP contribution is -2.04. The van der Waals surface area contributed by atoms with E-state index in [4.69, 9.17) is 17.3 Å². The van der Waals surface area contributed by atoms with Crippen LogP contribution in [0.25, 0.3) is 0 Å². The van der Waals surface area contributed by atoms with Crippen LogP contribution in [0.15, 0.2) is 22.8 Å². The number of halogens is 1. The fraction of sp³-hybridized carbons (Fsp3) is 0.429. The first kappa shape index (κ1) is 6.84. The molecule has 2 heteroatoms. The van der Waals surface area contributed by atoms with Gasteiger partial charge in [-0.05, 0) is 18.9 Å². The highest BCUT2D eigenvalue weighted by molar-refractivity contribution is 6.29. The maximum absolute atomic E-state index is 5.71. The molecule has 0 aliphatic heterocycles. The predicted octanol–water partition coefficient (Wildman–Crippen LogP) is 1.79. The first-order valence-electron chi connectivity index (χ1n) is 3.07. The van der Waals surface area contributed by atoms with Crippen LogP contribution in [0, 0.1) is 0 Å². The average molecular weight is 144 g/mol. The van der Waals surface area contributed by atoms with Gasteiger partial charge in [-0.3, -0.25) is 0 Å². The van der Waals surface area contributed by atoms with Crippen LogP contribution in [-0.2, 0) is 0 Å². The van der Waals surface area contributed by atoms with Gasteiger partial charge in [0.05, 0.1) is 0 Å². The van der Waals surface area contributed by atoms with Crippen molar-refractivity contribution in [3.63, 3.8) is 0 Å². The molecule has 0 bridgehead atoms. The second-order valence-electron chi connectivity index (χ2n) is 2.14. The molecule has 1 aliphatic rings. The summed E-state index contributed by atoms with van der Waals surface area (Å²) in [5, 5.41) is 0.937. The third-order valence-corrected chi connectivity index (χ3v) is 1.76. The standard InChI is InChI=1S/C7H10ClN/c8-7-3-1-6(5-9)2-4-7/h1,3H,2,4-5,9H2. The number of hydrogen-bond donors (Lipinski definition) is 1. The molecule has 0 amide bonds. The summed E-state index contributed by atoms with van der Waals surface area (Å²) in [6.07, 6.45) is 5.93. The van der Waals surface area contributed by atoms with E-state index in [1.807, 2.05) is 12.2 Å². The second-order valence-corrected chi connectivity index (χ2v) is 2.63. The molecule has 1 rings (SSSR count). The first-order chi connectivity index (χ1) is 4.33. The monoisotopic (exact) mass is 143 g/mol. The van der Waals surface area contributed by atoms with Crippen molar-refractivity contribution in [1.29, 1.82) is 0 Å². The Hall–Kier alpha value is -0.270. The van der Waals surface area contributed by atoms with Crippen molar-refractivity contribution in [3.05, 3.63) is 22.8 Å². The summed E-state index contributed by atoms with van der Waals surface area (Å²) in [6.45, 7) is 0.667. The first-order valence-corrected chi connectivity index (χ1v) is 3.45. The lowest BCUT2D eigenvalue weighted by atomic mass is 10.1. The van der Waals surface area contributed by atoms with Gasteiger partial charge < -0.3 is 5.73 Å². The maximum Gasteiger partial charge on any atom is 0.0184 e. The number of allylic oxidation sites excluding steroid dienone is 3. The van der Waals surface area contributed by atoms with Gasteiger partial charge >= 0.3 is 0 Å². The Morgan fingerprint density at radius 3 is 2.67 bits per heavy atom. The highest BCUT2D eigenvalue weighted by atomic mass is 35.5. The third kappa shape index (κ3) is 1.84. The highest BCUT2D eigenvalue weighted by Crippen LogP contribution is 2.19. The smallest absolute Gasteiger partial charge is 0.0184 e. The Bertz CT molecular complexity index is 158. The molecular weight excluding hydrogens is 134 g/mol. The number of rotatable bonds is 1. The highest BCUT2D eigenvalue weighted by Gasteiger charge is 2.00. The van der Waals surface area contributed by atoms with E-state index in [0.717, 1.165) is 17.9 Å². The molecule has 9 heavy (non-hydrogen) atoms. The molecule has 0 unspecified atom stereocenters. The molecule has 0 aromatic carbocycles. The van der Waals surface area contributed by atoms with Crippen LogP contribution in [0.2, 0.25) is 0 Å². The molecule has 0 saturated carbocycles. The van der Waals surface area contributed by atoms with Gasteiger partial charge in [0.15, 0.2) is 0 Å². The van der Waals surface area contributed by atoms with E-state index in [9.17, 15) is 0 Å². The van der Waals surface area contributed by atoms with Gasteiger partial charge in [-0.25, -0.2) is 0 Å². The van der Waals surface area contributed by atoms with Crippen molar-refractivity contribution in [3.8, 4) is 0 Å². The van der Waals surface area contributed by atoms with E-state index in [2.05, 4.69) is 0 Å². The Labute approximate surface area is 60.2 Å². The zero-order valence-corrected chi connectivity index (χ0v) is 5.99. The van der Waals surface area contributed by atoms with Crippen LogP contribution in [0.4, 0.5) is 0 Å². The van der Waals surface area contributed by atoms with Crippen LogP contribution >= 0.6 is 11.6 Å². The molecule has 0 heterocycles. The van der Waals surface area contributed by atoms with Crippen LogP contribution in [0.1, 0.15) is 12.8 Å². The van der Waals surface area contributed by atoms with Crippen LogP contribution in [0.3, 0.4) is 0 Å². The predicted molar refractivity (Wildman–Crippen MR) is 40.3 cm³/mol. The van der Waals surface area contributed by atoms with Gasteiger partial charge in [0.1, 0.15) is 0 Å². The van der Waals surface area contributed by atoms with Crippen molar-refractivity contribution in [2.24, 2.45) is 5.73 Å². The zero-order chi connectivity index (χ0) is 6.69. The van der Waals surface area contributed by atoms with E-state index in [0.29, 0.717) is 6.54 Å². The Morgan fingerprint density at radius 2 is 2.22 bits per heavy atom. The molecule has 1 aliphatic carbocycles. The average Bonchev–Trinajstić information content (AvgIpc) is 1.90. The minimum absolute atomic E-state index is 0.667. The van der Waals surface area contributed by atoms with Crippen LogP contribution in [-0.4, -0.2) is 6.54 Å². The fourth-order valence-corrected chi connectivity index (χ4v) is 0.983. The summed E-state index contributed by atoms with van der Waals surface area (Å²) in [5.41, 5.74) is 6.70. The lowest BCUT2D eigenvalue weighted by Gasteiger charge is -2.07. The summed E-state index contributed by atoms with van der Waals surface area (Å²) in [7, 11) is 0. The molecular formula is C7H10ClN. The summed E-state index contributed by atoms with van der Waals surface area (Å²) in [4.78, 5) is 0. The van der Waals surface area contributed by atoms with Crippen molar-refractivity contribution >= 4 is 11.6 Å². The van der Waals surface area contributed by atoms with Crippen molar-refractivity contribution in [2.45, 2.75) is 12.8 Å². The molecule has 0 spiro atoms. The van der Waals surface area contributed by atoms with E-state index in [-0.39, 0.29) is 0 Å². The molecule has 0 radical (unpaired) electrons. The summed E-state index contributed by atoms with van der Waals surface area (Å²) >= 11 is 5.71. The largest absolute Gasteiger partial charge is 0.327 e. The van der Waals surface area contributed by atoms with Gasteiger partial charge in [0.25, 0.3) is 0 Å². The van der Waals surface area contributed by atoms with E-state index in [1.54, 1.807) is 0 Å². The Kier molecular flexibility index (Phi) is 2.31. The Morgan fingerprint density at radius 1 is 1.44 bits per heavy atom. The SMILES string of the molecule is NCC1=CC=C(Cl)CC1. The minimum Gasteiger partial charge on any atom is -0.327 e. The fourth-order valence-electron chi connectivity index (χ4n) is 0.825. The van der Waals surface area contributed by atoms with Crippen molar-refractivity contribution in [2.75, 3.05) is 6.54 Å². The van der Waals surface area contributed by atoms with Gasteiger partial charge in [-0.15, -0.1) is 0 Å². The molecule has 0 aromatic heterocycles. The molecule has 2 N–H and O–H groups in total. The van der Waals surface area contributed by atoms with Gasteiger partial charge in [0, 0.05) is 11.6 Å². The van der Waals surface area contributed by atoms with Gasteiger partial charge in [-0.2, -0.15) is 0 Å². The van der Waals surface area contributed by atoms with Crippen molar-refractivity contribution < 1.29 is 0 Å². The van der Waals surface area contributed by atoms with Crippen LogP contribution < -0.4 is 5.73 Å². The number of nitrogens with two attached hydrogens (primary N) is 1. The van der Waals surface area contributed by atoms with E-state index < -0.39 is 0 Å². The van der Waals surface area contributed by atoms with E-state index >= 15 is 0 Å². The van der Waals surface area contributed by atoms with Crippen molar-refractivity contribution in [1.82, 2.24) is 0 Å². The minimum atomic E-state index is 0.667. The van der Waals surface area contributed by atoms with Gasteiger partial charge in [-0.1, -0.05) is 23.3 Å².